The van der Waals surface area contributed by atoms with Crippen molar-refractivity contribution in [2.75, 3.05) is 0 Å². The molecule has 0 amide bonds. The fraction of sp³-hybridized carbons (Fsp3) is 0.294. The molecule has 1 N–H and O–H groups in total. The van der Waals surface area contributed by atoms with Gasteiger partial charge in [-0.15, -0.1) is 0 Å². The number of nitrogens with zero attached hydrogens (tertiary/aromatic N) is 3. The van der Waals surface area contributed by atoms with Crippen LogP contribution in [0.5, 0.6) is 0 Å². The average Bonchev–Trinajstić information content (AvgIpc) is 2.53. The molecule has 0 saturated carbocycles. The Bertz CT molecular complexity index is 842. The van der Waals surface area contributed by atoms with Crippen LogP contribution in [0.2, 0.25) is 5.15 Å². The van der Waals surface area contributed by atoms with Gasteiger partial charge in [0.15, 0.2) is 5.78 Å². The van der Waals surface area contributed by atoms with Crippen LogP contribution in [0.1, 0.15) is 46.9 Å². The van der Waals surface area contributed by atoms with Gasteiger partial charge in [-0.25, -0.2) is 9.97 Å². The maximum absolute atomic E-state index is 12.7. The van der Waals surface area contributed by atoms with E-state index in [1.54, 1.807) is 38.1 Å². The zero-order valence-corrected chi connectivity index (χ0v) is 13.4. The van der Waals surface area contributed by atoms with E-state index in [0.29, 0.717) is 22.4 Å². The van der Waals surface area contributed by atoms with E-state index in [2.05, 4.69) is 16.0 Å². The van der Waals surface area contributed by atoms with E-state index in [0.717, 1.165) is 0 Å². The lowest BCUT2D eigenvalue weighted by atomic mass is 9.65. The number of carbonyl (C=O) groups excluding carboxylic acids is 1. The zero-order valence-electron chi connectivity index (χ0n) is 12.6. The molecule has 2 aromatic rings. The number of carbonyl (C=O) groups is 1. The van der Waals surface area contributed by atoms with Gasteiger partial charge in [0, 0.05) is 5.56 Å². The molecule has 0 radical (unpaired) electrons. The molecule has 2 atom stereocenters. The molecule has 5 nitrogen and oxygen atoms in total. The topological polar surface area (TPSA) is 86.9 Å². The van der Waals surface area contributed by atoms with E-state index in [1.165, 1.54) is 6.33 Å². The van der Waals surface area contributed by atoms with Crippen molar-refractivity contribution in [3.8, 4) is 6.07 Å². The normalized spacial score (nSPS) is 22.3. The molecule has 116 valence electrons. The summed E-state index contributed by atoms with van der Waals surface area (Å²) in [7, 11) is 0. The summed E-state index contributed by atoms with van der Waals surface area (Å²) in [6.07, 6.45) is 0.337. The summed E-state index contributed by atoms with van der Waals surface area (Å²) in [6.45, 7) is 3.41. The number of ketones is 1. The van der Waals surface area contributed by atoms with Gasteiger partial charge in [-0.1, -0.05) is 25.4 Å². The molecule has 0 saturated heterocycles. The number of halogens is 1. The predicted octanol–water partition coefficient (Wildman–Crippen LogP) is 2.72. The molecule has 6 heteroatoms. The molecule has 1 heterocycles. The van der Waals surface area contributed by atoms with Gasteiger partial charge in [-0.3, -0.25) is 4.79 Å². The number of rotatable bonds is 1. The van der Waals surface area contributed by atoms with Crippen molar-refractivity contribution in [3.05, 3.63) is 58.1 Å². The maximum Gasteiger partial charge on any atom is 0.171 e. The van der Waals surface area contributed by atoms with Crippen LogP contribution in [0.15, 0.2) is 30.6 Å². The van der Waals surface area contributed by atoms with E-state index < -0.39 is 17.4 Å². The van der Waals surface area contributed by atoms with Crippen molar-refractivity contribution >= 4 is 17.4 Å². The Morgan fingerprint density at radius 3 is 2.70 bits per heavy atom. The van der Waals surface area contributed by atoms with Gasteiger partial charge >= 0.3 is 0 Å². The minimum Gasteiger partial charge on any atom is -0.391 e. The molecule has 0 spiro atoms. The number of aromatic nitrogens is 2. The van der Waals surface area contributed by atoms with Crippen LogP contribution in [-0.2, 0) is 0 Å². The predicted molar refractivity (Wildman–Crippen MR) is 84.2 cm³/mol. The third-order valence-corrected chi connectivity index (χ3v) is 4.58. The summed E-state index contributed by atoms with van der Waals surface area (Å²) in [5.74, 6) is -0.701. The summed E-state index contributed by atoms with van der Waals surface area (Å²) in [5.41, 5.74) is 1.07. The summed E-state index contributed by atoms with van der Waals surface area (Å²) in [6, 6.07) is 8.51. The molecule has 1 aliphatic carbocycles. The molecular weight excluding hydrogens is 314 g/mol. The fourth-order valence-electron chi connectivity index (χ4n) is 3.00. The lowest BCUT2D eigenvalue weighted by Gasteiger charge is -2.40. The van der Waals surface area contributed by atoms with Crippen molar-refractivity contribution in [2.24, 2.45) is 5.41 Å². The number of hydrogen-bond acceptors (Lipinski definition) is 5. The number of Topliss-reactive ketones (excluding diaryl/α,β-unsaturated/α-hetero) is 1. The van der Waals surface area contributed by atoms with Gasteiger partial charge in [0.25, 0.3) is 0 Å². The SMILES string of the molecule is CC1(C)C(=O)c2ccc(C#N)cc2[C@@H](c2cc(Cl)ncn2)[C@@H]1O. The Hall–Kier alpha value is -2.29. The van der Waals surface area contributed by atoms with E-state index in [9.17, 15) is 9.90 Å². The zero-order chi connectivity index (χ0) is 16.8. The van der Waals surface area contributed by atoms with Crippen LogP contribution < -0.4 is 0 Å². The lowest BCUT2D eigenvalue weighted by molar-refractivity contribution is 0.0259. The van der Waals surface area contributed by atoms with E-state index in [4.69, 9.17) is 16.9 Å². The molecule has 1 aromatic heterocycles. The molecule has 1 aromatic carbocycles. The van der Waals surface area contributed by atoms with Gasteiger partial charge in [-0.05, 0) is 29.8 Å². The van der Waals surface area contributed by atoms with E-state index >= 15 is 0 Å². The highest BCUT2D eigenvalue weighted by Crippen LogP contribution is 2.45. The van der Waals surface area contributed by atoms with Crippen molar-refractivity contribution in [1.82, 2.24) is 9.97 Å². The molecular formula is C17H14ClN3O2. The Morgan fingerprint density at radius 1 is 1.30 bits per heavy atom. The molecule has 0 aliphatic heterocycles. The van der Waals surface area contributed by atoms with E-state index in [1.807, 2.05) is 0 Å². The summed E-state index contributed by atoms with van der Waals surface area (Å²) in [4.78, 5) is 20.8. The first kappa shape index (κ1) is 15.6. The summed E-state index contributed by atoms with van der Waals surface area (Å²) < 4.78 is 0. The fourth-order valence-corrected chi connectivity index (χ4v) is 3.16. The molecule has 0 fully saturated rings. The first-order chi connectivity index (χ1) is 10.9. The highest BCUT2D eigenvalue weighted by atomic mass is 35.5. The van der Waals surface area contributed by atoms with E-state index in [-0.39, 0.29) is 10.9 Å². The van der Waals surface area contributed by atoms with Gasteiger partial charge in [0.1, 0.15) is 11.5 Å². The smallest absolute Gasteiger partial charge is 0.171 e. The minimum atomic E-state index is -0.984. The number of benzene rings is 1. The van der Waals surface area contributed by atoms with Gasteiger partial charge in [-0.2, -0.15) is 5.26 Å². The largest absolute Gasteiger partial charge is 0.391 e. The monoisotopic (exact) mass is 327 g/mol. The number of hydrogen-bond donors (Lipinski definition) is 1. The molecule has 0 bridgehead atoms. The van der Waals surface area contributed by atoms with Gasteiger partial charge < -0.3 is 5.11 Å². The molecule has 1 aliphatic rings. The standard InChI is InChI=1S/C17H14ClN3O2/c1-17(2)15(22)10-4-3-9(7-19)5-11(10)14(16(17)23)12-6-13(18)21-8-20-12/h3-6,8,14,16,23H,1-2H3/t14-,16-/m0/s1. The Kier molecular flexibility index (Phi) is 3.67. The van der Waals surface area contributed by atoms with Gasteiger partial charge in [0.2, 0.25) is 0 Å². The Balaban J connectivity index is 2.28. The Labute approximate surface area is 138 Å². The minimum absolute atomic E-state index is 0.152. The third-order valence-electron chi connectivity index (χ3n) is 4.37. The maximum atomic E-state index is 12.7. The molecule has 0 unspecified atom stereocenters. The van der Waals surface area contributed by atoms with Crippen molar-refractivity contribution in [1.29, 1.82) is 5.26 Å². The first-order valence-electron chi connectivity index (χ1n) is 7.10. The average molecular weight is 328 g/mol. The second-order valence-corrected chi connectivity index (χ2v) is 6.54. The van der Waals surface area contributed by atoms with Crippen LogP contribution >= 0.6 is 11.6 Å². The third kappa shape index (κ3) is 2.40. The summed E-state index contributed by atoms with van der Waals surface area (Å²) in [5, 5.41) is 20.2. The first-order valence-corrected chi connectivity index (χ1v) is 7.48. The lowest BCUT2D eigenvalue weighted by Crippen LogP contribution is -2.46. The number of nitriles is 1. The van der Waals surface area contributed by atoms with Crippen molar-refractivity contribution < 1.29 is 9.90 Å². The van der Waals surface area contributed by atoms with Crippen molar-refractivity contribution in [3.63, 3.8) is 0 Å². The molecule has 3 rings (SSSR count). The van der Waals surface area contributed by atoms with Gasteiger partial charge in [0.05, 0.1) is 34.8 Å². The number of fused-ring (bicyclic) bond motifs is 1. The second kappa shape index (κ2) is 5.41. The Morgan fingerprint density at radius 2 is 2.04 bits per heavy atom. The van der Waals surface area contributed by atoms with Crippen LogP contribution in [0, 0.1) is 16.7 Å². The van der Waals surface area contributed by atoms with Crippen LogP contribution in [0.3, 0.4) is 0 Å². The number of aliphatic hydroxyl groups excluding tert-OH is 1. The van der Waals surface area contributed by atoms with Crippen LogP contribution in [-0.4, -0.2) is 27.0 Å². The van der Waals surface area contributed by atoms with Crippen molar-refractivity contribution in [2.45, 2.75) is 25.9 Å². The molecule has 23 heavy (non-hydrogen) atoms. The second-order valence-electron chi connectivity index (χ2n) is 6.15. The highest BCUT2D eigenvalue weighted by molar-refractivity contribution is 6.29. The quantitative estimate of drug-likeness (QED) is 0.814. The summed E-state index contributed by atoms with van der Waals surface area (Å²) >= 11 is 5.95. The van der Waals surface area contributed by atoms with Crippen LogP contribution in [0.4, 0.5) is 0 Å². The van der Waals surface area contributed by atoms with Crippen LogP contribution in [0.25, 0.3) is 0 Å². The number of aliphatic hydroxyl groups is 1. The highest BCUT2D eigenvalue weighted by Gasteiger charge is 2.48.